The molecule has 0 saturated heterocycles. The van der Waals surface area contributed by atoms with Crippen molar-refractivity contribution in [1.29, 1.82) is 0 Å². The molecule has 11 heavy (non-hydrogen) atoms. The molecule has 1 rings (SSSR count). The van der Waals surface area contributed by atoms with Gasteiger partial charge in [0.2, 0.25) is 0 Å². The molecular weight excluding hydrogens is 232 g/mol. The van der Waals surface area contributed by atoms with Crippen molar-refractivity contribution in [1.82, 2.24) is 4.98 Å². The standard InChI is InChI=1S/C5H5BrN2O2S/c6-4-1-2-5(7-3-4)8-11(9)10/h1-3H,(H,7,8)(H,9,10)/p-1. The van der Waals surface area contributed by atoms with Gasteiger partial charge in [0, 0.05) is 21.9 Å². The zero-order chi connectivity index (χ0) is 8.27. The van der Waals surface area contributed by atoms with Gasteiger partial charge >= 0.3 is 0 Å². The molecular formula is C5H4BrN2O2S-. The molecule has 0 aliphatic carbocycles. The topological polar surface area (TPSA) is 65.0 Å². The van der Waals surface area contributed by atoms with Crippen LogP contribution in [0.15, 0.2) is 22.8 Å². The normalized spacial score (nSPS) is 12.5. The molecule has 1 heterocycles. The zero-order valence-corrected chi connectivity index (χ0v) is 7.68. The van der Waals surface area contributed by atoms with E-state index in [0.717, 1.165) is 4.47 Å². The molecule has 6 heteroatoms. The zero-order valence-electron chi connectivity index (χ0n) is 5.28. The molecule has 1 aromatic heterocycles. The summed E-state index contributed by atoms with van der Waals surface area (Å²) >= 11 is 0.866. The summed E-state index contributed by atoms with van der Waals surface area (Å²) in [6, 6.07) is 3.25. The van der Waals surface area contributed by atoms with Crippen LogP contribution in [-0.4, -0.2) is 13.7 Å². The first-order valence-corrected chi connectivity index (χ1v) is 4.53. The SMILES string of the molecule is O=S([O-])Nc1ccc(Br)cn1. The first kappa shape index (κ1) is 8.63. The van der Waals surface area contributed by atoms with E-state index in [2.05, 4.69) is 25.6 Å². The monoisotopic (exact) mass is 235 g/mol. The first-order valence-electron chi connectivity index (χ1n) is 2.66. The highest BCUT2D eigenvalue weighted by atomic mass is 79.9. The molecule has 0 radical (unpaired) electrons. The average molecular weight is 236 g/mol. The summed E-state index contributed by atoms with van der Waals surface area (Å²) in [6.07, 6.45) is 1.51. The third kappa shape index (κ3) is 2.96. The first-order chi connectivity index (χ1) is 5.18. The summed E-state index contributed by atoms with van der Waals surface area (Å²) in [5.74, 6) is 0.307. The lowest BCUT2D eigenvalue weighted by Gasteiger charge is -2.06. The van der Waals surface area contributed by atoms with E-state index in [1.165, 1.54) is 6.20 Å². The number of hydrogen-bond acceptors (Lipinski definition) is 3. The second-order valence-corrected chi connectivity index (χ2v) is 3.29. The molecule has 0 fully saturated rings. The van der Waals surface area contributed by atoms with Crippen molar-refractivity contribution in [2.24, 2.45) is 0 Å². The minimum absolute atomic E-state index is 0.307. The van der Waals surface area contributed by atoms with E-state index in [9.17, 15) is 8.76 Å². The summed E-state index contributed by atoms with van der Waals surface area (Å²) in [5.41, 5.74) is 0. The van der Waals surface area contributed by atoms with Crippen LogP contribution in [0.2, 0.25) is 0 Å². The van der Waals surface area contributed by atoms with Crippen molar-refractivity contribution in [3.05, 3.63) is 22.8 Å². The second kappa shape index (κ2) is 3.80. The second-order valence-electron chi connectivity index (χ2n) is 1.70. The van der Waals surface area contributed by atoms with E-state index < -0.39 is 11.3 Å². The van der Waals surface area contributed by atoms with Gasteiger partial charge < -0.3 is 9.27 Å². The van der Waals surface area contributed by atoms with E-state index in [1.807, 2.05) is 0 Å². The fraction of sp³-hybridized carbons (Fsp3) is 0. The van der Waals surface area contributed by atoms with Gasteiger partial charge in [0.25, 0.3) is 0 Å². The summed E-state index contributed by atoms with van der Waals surface area (Å²) in [4.78, 5) is 3.77. The molecule has 0 aromatic carbocycles. The summed E-state index contributed by atoms with van der Waals surface area (Å²) in [7, 11) is 0. The van der Waals surface area contributed by atoms with Crippen molar-refractivity contribution in [2.45, 2.75) is 0 Å². The van der Waals surface area contributed by atoms with Crippen LogP contribution in [-0.2, 0) is 11.3 Å². The van der Waals surface area contributed by atoms with Gasteiger partial charge in [0.15, 0.2) is 0 Å². The fourth-order valence-electron chi connectivity index (χ4n) is 0.522. The van der Waals surface area contributed by atoms with Gasteiger partial charge in [0.05, 0.1) is 0 Å². The van der Waals surface area contributed by atoms with E-state index in [-0.39, 0.29) is 0 Å². The Morgan fingerprint density at radius 1 is 1.64 bits per heavy atom. The molecule has 60 valence electrons. The predicted molar refractivity (Wildman–Crippen MR) is 44.5 cm³/mol. The van der Waals surface area contributed by atoms with Crippen LogP contribution < -0.4 is 4.72 Å². The van der Waals surface area contributed by atoms with Crippen LogP contribution in [0.3, 0.4) is 0 Å². The van der Waals surface area contributed by atoms with Crippen molar-refractivity contribution in [3.8, 4) is 0 Å². The fourth-order valence-corrected chi connectivity index (χ4v) is 1.05. The molecule has 1 atom stereocenters. The average Bonchev–Trinajstić information content (AvgIpc) is 1.93. The Morgan fingerprint density at radius 2 is 2.36 bits per heavy atom. The van der Waals surface area contributed by atoms with Crippen LogP contribution in [0, 0.1) is 0 Å². The van der Waals surface area contributed by atoms with Crippen molar-refractivity contribution in [3.63, 3.8) is 0 Å². The molecule has 4 nitrogen and oxygen atoms in total. The number of nitrogens with zero attached hydrogens (tertiary/aromatic N) is 1. The lowest BCUT2D eigenvalue weighted by molar-refractivity contribution is 0.542. The Bertz CT molecular complexity index is 264. The van der Waals surface area contributed by atoms with Gasteiger partial charge in [-0.05, 0) is 28.1 Å². The van der Waals surface area contributed by atoms with E-state index >= 15 is 0 Å². The van der Waals surface area contributed by atoms with Gasteiger partial charge in [-0.15, -0.1) is 0 Å². The van der Waals surface area contributed by atoms with Crippen molar-refractivity contribution >= 4 is 33.0 Å². The third-order valence-electron chi connectivity index (χ3n) is 0.915. The summed E-state index contributed by atoms with van der Waals surface area (Å²) < 4.78 is 23.1. The molecule has 1 N–H and O–H groups in total. The van der Waals surface area contributed by atoms with Crippen molar-refractivity contribution in [2.75, 3.05) is 4.72 Å². The Labute approximate surface area is 74.6 Å². The molecule has 1 aromatic rings. The molecule has 0 spiro atoms. The van der Waals surface area contributed by atoms with Crippen LogP contribution in [0.1, 0.15) is 0 Å². The highest BCUT2D eigenvalue weighted by molar-refractivity contribution is 9.10. The lowest BCUT2D eigenvalue weighted by atomic mass is 10.5. The number of aromatic nitrogens is 1. The van der Waals surface area contributed by atoms with Crippen LogP contribution in [0.25, 0.3) is 0 Å². The quantitative estimate of drug-likeness (QED) is 0.780. The van der Waals surface area contributed by atoms with E-state index in [0.29, 0.717) is 5.82 Å². The Morgan fingerprint density at radius 3 is 2.82 bits per heavy atom. The molecule has 0 aliphatic heterocycles. The molecule has 0 amide bonds. The maximum atomic E-state index is 10.1. The van der Waals surface area contributed by atoms with Gasteiger partial charge in [-0.3, -0.25) is 4.21 Å². The van der Waals surface area contributed by atoms with E-state index in [4.69, 9.17) is 0 Å². The number of nitrogens with one attached hydrogen (secondary N) is 1. The summed E-state index contributed by atoms with van der Waals surface area (Å²) in [5, 5.41) is 0. The third-order valence-corrected chi connectivity index (χ3v) is 1.76. The molecule has 0 saturated carbocycles. The maximum Gasteiger partial charge on any atom is 0.136 e. The Balaban J connectivity index is 2.74. The molecule has 0 bridgehead atoms. The predicted octanol–water partition coefficient (Wildman–Crippen LogP) is 1.05. The Kier molecular flexibility index (Phi) is 2.98. The molecule has 1 unspecified atom stereocenters. The van der Waals surface area contributed by atoms with Crippen molar-refractivity contribution < 1.29 is 8.76 Å². The number of hydrogen-bond donors (Lipinski definition) is 1. The number of pyridine rings is 1. The van der Waals surface area contributed by atoms with Crippen LogP contribution >= 0.6 is 15.9 Å². The number of rotatable bonds is 2. The van der Waals surface area contributed by atoms with Gasteiger partial charge in [-0.1, -0.05) is 0 Å². The highest BCUT2D eigenvalue weighted by Crippen LogP contribution is 2.10. The Hall–Kier alpha value is -0.460. The minimum Gasteiger partial charge on any atom is -0.755 e. The van der Waals surface area contributed by atoms with Gasteiger partial charge in [-0.2, -0.15) is 0 Å². The molecule has 0 aliphatic rings. The maximum absolute atomic E-state index is 10.1. The lowest BCUT2D eigenvalue weighted by Crippen LogP contribution is -2.03. The van der Waals surface area contributed by atoms with E-state index in [1.54, 1.807) is 12.1 Å². The van der Waals surface area contributed by atoms with Gasteiger partial charge in [-0.25, -0.2) is 4.98 Å². The number of halogens is 1. The highest BCUT2D eigenvalue weighted by Gasteiger charge is 1.90. The minimum atomic E-state index is -2.30. The van der Waals surface area contributed by atoms with Gasteiger partial charge in [0.1, 0.15) is 5.82 Å². The van der Waals surface area contributed by atoms with Crippen LogP contribution in [0.4, 0.5) is 5.82 Å². The smallest absolute Gasteiger partial charge is 0.136 e. The van der Waals surface area contributed by atoms with Crippen LogP contribution in [0.5, 0.6) is 0 Å². The number of anilines is 1. The summed E-state index contributed by atoms with van der Waals surface area (Å²) in [6.45, 7) is 0. The largest absolute Gasteiger partial charge is 0.755 e.